The number of allylic oxidation sites excluding steroid dienone is 3. The molecule has 10 N–H and O–H groups in total. The number of nitrogens with one attached hydrogen (secondary N) is 3. The van der Waals surface area contributed by atoms with Gasteiger partial charge in [0.25, 0.3) is 0 Å². The van der Waals surface area contributed by atoms with Gasteiger partial charge < -0.3 is 127 Å². The number of halogens is 1. The molecule has 638 valence electrons. The Morgan fingerprint density at radius 2 is 1.37 bits per heavy atom. The van der Waals surface area contributed by atoms with E-state index in [1.54, 1.807) is 44.6 Å². The summed E-state index contributed by atoms with van der Waals surface area (Å²) in [6, 6.07) is -1.65. The first-order valence-electron chi connectivity index (χ1n) is 37.6. The fourth-order valence-electron chi connectivity index (χ4n) is 12.9. The highest BCUT2D eigenvalue weighted by Crippen LogP contribution is 2.49. The second-order valence-electron chi connectivity index (χ2n) is 26.9. The van der Waals surface area contributed by atoms with Crippen LogP contribution in [-0.2, 0) is 90.2 Å². The maximum absolute atomic E-state index is 14.6. The third-order valence-electron chi connectivity index (χ3n) is 18.7. The molecule has 0 aromatic heterocycles. The lowest BCUT2D eigenvalue weighted by Crippen LogP contribution is -2.65. The molecule has 0 saturated carbocycles. The monoisotopic (exact) mass is 1770 g/mol. The summed E-state index contributed by atoms with van der Waals surface area (Å²) in [7, 11) is 9.76. The minimum Gasteiger partial charge on any atom is -0.492 e. The number of Topliss-reactive ketones (excluding diaryl/α,β-unsaturated/α-hetero) is 1. The van der Waals surface area contributed by atoms with E-state index in [-0.39, 0.29) is 90.0 Å². The number of aliphatic hydroxyl groups excluding tert-OH is 4. The Hall–Kier alpha value is -4.14. The van der Waals surface area contributed by atoms with Crippen molar-refractivity contribution in [1.29, 1.82) is 0 Å². The number of ketones is 1. The molecular weight excluding hydrogens is 1660 g/mol. The van der Waals surface area contributed by atoms with Crippen LogP contribution in [0.15, 0.2) is 35.1 Å². The van der Waals surface area contributed by atoms with Crippen molar-refractivity contribution in [3.8, 4) is 40.9 Å². The van der Waals surface area contributed by atoms with Crippen LogP contribution in [0.3, 0.4) is 0 Å². The van der Waals surface area contributed by atoms with Crippen LogP contribution in [0.2, 0.25) is 0 Å². The standard InChI is InChI=1S/C75H114IN5O29S3/c1-13-81(41-54(84)78-22-24-97-26-28-99-30-32-101-34-36-102-35-33-100-31-29-98-27-25-96-23-21-77)49-42-103-55(39-53(49)91-8)108-68-63(86)60(45(5)105-73(68)107-52-18-16-14-15-17-20-75(90)40-51(83)61(79-74(89)95-12)58(52)48(75)19-37-111-113-43(2)3)80-110-56-38-50(82)70(47(7)104-56)112-71(88)57-44(4)59(76)66(69(94-11)65(57)92-9)109-72-64(87)67(93-10)62(85)46(6)106-72/h14-15,19,43,45-47,49-50,52-53,55-56,60,62-64,67-68,70,72-73,80,82,85-87,90H,13,21-42,77H2,1-12H3,(H,78,84)(H,79,89)/b15-14-,48-19+/t45-,46+,47-,49+,50+,52+,53+,55+,56+,60-,62+,63+,64-,67-,68-,70-,72+,73+,75+/m1/s1. The average molecular weight is 1770 g/mol. The van der Waals surface area contributed by atoms with E-state index in [1.807, 2.05) is 48.3 Å². The molecule has 1 aromatic carbocycles. The molecule has 38 heteroatoms. The molecule has 1 aromatic rings. The van der Waals surface area contributed by atoms with Gasteiger partial charge in [0.05, 0.1) is 196 Å². The Morgan fingerprint density at radius 3 is 1.96 bits per heavy atom. The molecule has 0 unspecified atom stereocenters. The molecule has 0 spiro atoms. The number of carbonyl (C=O) groups is 4. The second-order valence-corrected chi connectivity index (χ2v) is 32.1. The van der Waals surface area contributed by atoms with Crippen molar-refractivity contribution in [2.75, 3.05) is 167 Å². The Morgan fingerprint density at radius 1 is 0.752 bits per heavy atom. The van der Waals surface area contributed by atoms with E-state index in [0.29, 0.717) is 114 Å². The Bertz CT molecular complexity index is 3370. The lowest BCUT2D eigenvalue weighted by atomic mass is 9.75. The summed E-state index contributed by atoms with van der Waals surface area (Å²) in [6.45, 7) is 19.4. The van der Waals surface area contributed by atoms with Crippen molar-refractivity contribution in [3.63, 3.8) is 0 Å². The summed E-state index contributed by atoms with van der Waals surface area (Å²) in [5, 5.41) is 63.3. The minimum atomic E-state index is -2.11. The fraction of sp³-hybridized carbons (Fsp3) is 0.733. The van der Waals surface area contributed by atoms with Gasteiger partial charge in [-0.1, -0.05) is 83.9 Å². The molecule has 19 atom stereocenters. The van der Waals surface area contributed by atoms with E-state index in [4.69, 9.17) is 101 Å². The van der Waals surface area contributed by atoms with Gasteiger partial charge in [-0.3, -0.25) is 29.4 Å². The highest BCUT2D eigenvalue weighted by Gasteiger charge is 2.53. The number of amides is 2. The summed E-state index contributed by atoms with van der Waals surface area (Å²) in [6.07, 6.45) is -15.2. The zero-order valence-corrected chi connectivity index (χ0v) is 70.7. The van der Waals surface area contributed by atoms with Crippen LogP contribution in [0.5, 0.6) is 17.2 Å². The van der Waals surface area contributed by atoms with Gasteiger partial charge in [-0.2, -0.15) is 5.48 Å². The van der Waals surface area contributed by atoms with Crippen LogP contribution in [0.25, 0.3) is 0 Å². The van der Waals surface area contributed by atoms with E-state index >= 15 is 0 Å². The van der Waals surface area contributed by atoms with Gasteiger partial charge in [0, 0.05) is 62.3 Å². The molecule has 6 aliphatic rings. The number of ether oxygens (including phenoxy) is 19. The molecule has 113 heavy (non-hydrogen) atoms. The van der Waals surface area contributed by atoms with Gasteiger partial charge in [-0.15, -0.1) is 0 Å². The molecule has 4 fully saturated rings. The molecule has 2 aliphatic carbocycles. The van der Waals surface area contributed by atoms with E-state index in [9.17, 15) is 44.7 Å². The first-order valence-corrected chi connectivity index (χ1v) is 41.9. The number of methoxy groups -OCH3 is 5. The first kappa shape index (κ1) is 96.0. The maximum Gasteiger partial charge on any atom is 0.411 e. The number of likely N-dealkylation sites (N-methyl/N-ethyl adjacent to an activating group) is 1. The first-order chi connectivity index (χ1) is 54.4. The third-order valence-corrected chi connectivity index (χ3v) is 24.2. The molecule has 4 heterocycles. The van der Waals surface area contributed by atoms with Crippen molar-refractivity contribution >= 4 is 78.8 Å². The molecular formula is C75H114IN5O29S3. The third kappa shape index (κ3) is 28.2. The number of hydroxylamine groups is 1. The normalized spacial score (nSPS) is 29.8. The van der Waals surface area contributed by atoms with Crippen molar-refractivity contribution < 1.29 is 140 Å². The Labute approximate surface area is 686 Å². The van der Waals surface area contributed by atoms with Crippen LogP contribution in [0, 0.1) is 34.2 Å². The summed E-state index contributed by atoms with van der Waals surface area (Å²) in [5.74, 6) is 11.0. The fourth-order valence-corrected chi connectivity index (χ4v) is 16.6. The number of nitrogens with zero attached hydrogens (tertiary/aromatic N) is 1. The van der Waals surface area contributed by atoms with Crippen LogP contribution in [0.1, 0.15) is 76.7 Å². The average Bonchev–Trinajstić information content (AvgIpc) is 0.756. The SMILES string of the molecule is CCN(CC(=O)NCCOCCOCCOCCOCCOCCOCCOCCN)[C@H]1CO[C@@H](O[C@H]2[C@H](O[C@H]3C#C/C=C\C#C[C@]4(O)CC(=O)C(NC(=O)OC)=C3/C4=C\CSSC(C)C)O[C@H](C)[C@@H](NO[C@H]3C[C@H](O)[C@H](SC(=O)c4c(C)c(I)c(O[C@@H]5O[C@@H](C)[C@H](O)[C@@H](OC)[C@H]5O)c(OC)c4OC)[C@@H](C)O3)[C@@H]2O)C[C@@H]1OC. The molecule has 34 nitrogen and oxygen atoms in total. The van der Waals surface area contributed by atoms with Gasteiger partial charge in [0.15, 0.2) is 41.8 Å². The predicted molar refractivity (Wildman–Crippen MR) is 423 cm³/mol. The number of carbonyl (C=O) groups excluding carboxylic acids is 4. The zero-order chi connectivity index (χ0) is 82.2. The second kappa shape index (κ2) is 50.1. The van der Waals surface area contributed by atoms with E-state index < -0.39 is 139 Å². The summed E-state index contributed by atoms with van der Waals surface area (Å²) in [5.41, 5.74) is 6.49. The summed E-state index contributed by atoms with van der Waals surface area (Å²) in [4.78, 5) is 63.7. The minimum absolute atomic E-state index is 0.00534. The zero-order valence-electron chi connectivity index (χ0n) is 66.1. The highest BCUT2D eigenvalue weighted by molar-refractivity contribution is 14.1. The number of benzene rings is 1. The number of aliphatic hydroxyl groups is 5. The molecule has 7 rings (SSSR count). The lowest BCUT2D eigenvalue weighted by Gasteiger charge is -2.47. The van der Waals surface area contributed by atoms with Gasteiger partial charge in [0.2, 0.25) is 23.1 Å². The summed E-state index contributed by atoms with van der Waals surface area (Å²) < 4.78 is 112. The van der Waals surface area contributed by atoms with Crippen molar-refractivity contribution in [2.45, 2.75) is 188 Å². The van der Waals surface area contributed by atoms with Crippen molar-refractivity contribution in [1.82, 2.24) is 21.0 Å². The van der Waals surface area contributed by atoms with Gasteiger partial charge in [-0.05, 0) is 74.5 Å². The van der Waals surface area contributed by atoms with Gasteiger partial charge >= 0.3 is 6.09 Å². The number of thioether (sulfide) groups is 1. The molecule has 2 amide bonds. The smallest absolute Gasteiger partial charge is 0.411 e. The number of rotatable bonds is 47. The predicted octanol–water partition coefficient (Wildman–Crippen LogP) is 2.23. The van der Waals surface area contributed by atoms with E-state index in [2.05, 4.69) is 39.8 Å². The largest absolute Gasteiger partial charge is 0.492 e. The van der Waals surface area contributed by atoms with Crippen LogP contribution in [0.4, 0.5) is 4.79 Å². The van der Waals surface area contributed by atoms with Crippen LogP contribution in [-0.4, -0.2) is 340 Å². The number of nitrogens with two attached hydrogens (primary N) is 1. The Kier molecular flexibility index (Phi) is 42.5. The van der Waals surface area contributed by atoms with Gasteiger partial charge in [-0.25, -0.2) is 4.79 Å². The molecule has 0 radical (unpaired) electrons. The molecule has 2 bridgehead atoms. The summed E-state index contributed by atoms with van der Waals surface area (Å²) >= 11 is 2.80. The molecule has 4 aliphatic heterocycles. The topological polar surface area (TPSA) is 419 Å². The molecule has 4 saturated heterocycles. The lowest BCUT2D eigenvalue weighted by molar-refractivity contribution is -0.337. The van der Waals surface area contributed by atoms with Crippen molar-refractivity contribution in [3.05, 3.63) is 49.8 Å². The van der Waals surface area contributed by atoms with Gasteiger partial charge in [0.1, 0.15) is 36.6 Å². The van der Waals surface area contributed by atoms with E-state index in [1.165, 1.54) is 51.4 Å². The van der Waals surface area contributed by atoms with Crippen LogP contribution < -0.4 is 36.1 Å². The van der Waals surface area contributed by atoms with Crippen molar-refractivity contribution in [2.24, 2.45) is 5.73 Å². The maximum atomic E-state index is 14.6. The number of alkyl carbamates (subject to hydrolysis) is 1. The number of fused-ring (bicyclic) bond motifs is 2. The van der Waals surface area contributed by atoms with Crippen LogP contribution >= 0.6 is 55.9 Å². The number of hydrogen-bond donors (Lipinski definition) is 9. The van der Waals surface area contributed by atoms with E-state index in [0.717, 1.165) is 18.9 Å². The number of hydrogen-bond acceptors (Lipinski definition) is 35. The highest BCUT2D eigenvalue weighted by atomic mass is 127. The Balaban J connectivity index is 1.01. The quantitative estimate of drug-likeness (QED) is 0.0148.